The SMILES string of the molecule is Cn1cc(C2=CCCCc3nc(N4CCN(C(=O)OC(C)(C)C)CC4)ccc32)cn1. The van der Waals surface area contributed by atoms with Crippen LogP contribution in [0.5, 0.6) is 0 Å². The lowest BCUT2D eigenvalue weighted by atomic mass is 9.99. The van der Waals surface area contributed by atoms with Crippen molar-refractivity contribution < 1.29 is 9.53 Å². The maximum absolute atomic E-state index is 12.3. The van der Waals surface area contributed by atoms with Crippen molar-refractivity contribution in [3.63, 3.8) is 0 Å². The summed E-state index contributed by atoms with van der Waals surface area (Å²) in [5.41, 5.74) is 4.25. The van der Waals surface area contributed by atoms with Crippen molar-refractivity contribution in [2.75, 3.05) is 31.1 Å². The molecule has 0 spiro atoms. The van der Waals surface area contributed by atoms with E-state index in [0.29, 0.717) is 13.1 Å². The predicted molar refractivity (Wildman–Crippen MR) is 117 cm³/mol. The molecule has 1 aliphatic carbocycles. The van der Waals surface area contributed by atoms with Gasteiger partial charge in [-0.05, 0) is 57.7 Å². The zero-order valence-electron chi connectivity index (χ0n) is 18.4. The van der Waals surface area contributed by atoms with Crippen LogP contribution in [0.15, 0.2) is 30.6 Å². The summed E-state index contributed by atoms with van der Waals surface area (Å²) < 4.78 is 7.34. The fourth-order valence-electron chi connectivity index (χ4n) is 4.01. The van der Waals surface area contributed by atoms with Gasteiger partial charge in [-0.2, -0.15) is 5.10 Å². The van der Waals surface area contributed by atoms with Gasteiger partial charge in [0, 0.05) is 50.6 Å². The van der Waals surface area contributed by atoms with E-state index in [1.54, 1.807) is 4.90 Å². The molecule has 0 unspecified atom stereocenters. The Balaban J connectivity index is 1.48. The van der Waals surface area contributed by atoms with Crippen LogP contribution in [0, 0.1) is 0 Å². The van der Waals surface area contributed by atoms with E-state index >= 15 is 0 Å². The summed E-state index contributed by atoms with van der Waals surface area (Å²) in [5.74, 6) is 0.991. The van der Waals surface area contributed by atoms with Crippen LogP contribution >= 0.6 is 0 Å². The van der Waals surface area contributed by atoms with Gasteiger partial charge in [0.1, 0.15) is 11.4 Å². The van der Waals surface area contributed by atoms with Crippen molar-refractivity contribution in [3.8, 4) is 0 Å². The van der Waals surface area contributed by atoms with Gasteiger partial charge in [-0.1, -0.05) is 6.08 Å². The molecule has 3 heterocycles. The first-order valence-electron chi connectivity index (χ1n) is 10.7. The molecule has 7 nitrogen and oxygen atoms in total. The minimum Gasteiger partial charge on any atom is -0.444 e. The summed E-state index contributed by atoms with van der Waals surface area (Å²) >= 11 is 0. The fourth-order valence-corrected chi connectivity index (χ4v) is 4.01. The Labute approximate surface area is 178 Å². The third kappa shape index (κ3) is 4.50. The Bertz CT molecular complexity index is 949. The number of hydrogen-bond donors (Lipinski definition) is 0. The molecule has 0 radical (unpaired) electrons. The molecule has 4 rings (SSSR count). The topological polar surface area (TPSA) is 63.5 Å². The highest BCUT2D eigenvalue weighted by Crippen LogP contribution is 2.31. The van der Waals surface area contributed by atoms with Gasteiger partial charge in [-0.3, -0.25) is 4.68 Å². The summed E-state index contributed by atoms with van der Waals surface area (Å²) in [6.07, 6.45) is 9.17. The van der Waals surface area contributed by atoms with Gasteiger partial charge in [0.05, 0.1) is 11.9 Å². The summed E-state index contributed by atoms with van der Waals surface area (Å²) in [6, 6.07) is 4.31. The number of aryl methyl sites for hydroxylation is 2. The van der Waals surface area contributed by atoms with Gasteiger partial charge in [0.25, 0.3) is 0 Å². The lowest BCUT2D eigenvalue weighted by molar-refractivity contribution is 0.0240. The van der Waals surface area contributed by atoms with Crippen LogP contribution in [0.1, 0.15) is 50.4 Å². The van der Waals surface area contributed by atoms with E-state index in [1.165, 1.54) is 11.1 Å². The highest BCUT2D eigenvalue weighted by Gasteiger charge is 2.27. The molecule has 30 heavy (non-hydrogen) atoms. The van der Waals surface area contributed by atoms with Gasteiger partial charge in [0.15, 0.2) is 0 Å². The summed E-state index contributed by atoms with van der Waals surface area (Å²) in [6.45, 7) is 8.51. The molecular weight excluding hydrogens is 378 g/mol. The number of nitrogens with zero attached hydrogens (tertiary/aromatic N) is 5. The van der Waals surface area contributed by atoms with Crippen molar-refractivity contribution in [3.05, 3.63) is 47.4 Å². The second kappa shape index (κ2) is 8.13. The van der Waals surface area contributed by atoms with E-state index in [2.05, 4.69) is 34.4 Å². The van der Waals surface area contributed by atoms with Crippen LogP contribution < -0.4 is 4.90 Å². The van der Waals surface area contributed by atoms with E-state index in [-0.39, 0.29) is 6.09 Å². The number of hydrogen-bond acceptors (Lipinski definition) is 5. The van der Waals surface area contributed by atoms with Crippen LogP contribution in [0.25, 0.3) is 5.57 Å². The van der Waals surface area contributed by atoms with Crippen LogP contribution in [0.2, 0.25) is 0 Å². The molecular formula is C23H31N5O2. The van der Waals surface area contributed by atoms with Crippen molar-refractivity contribution in [1.82, 2.24) is 19.7 Å². The third-order valence-electron chi connectivity index (χ3n) is 5.49. The standard InChI is InChI=1S/C23H31N5O2/c1-23(2,3)30-22(29)28-13-11-27(12-14-28)21-10-9-19-18(17-15-24-26(4)16-17)7-5-6-8-20(19)25-21/h7,9-10,15-16H,5-6,8,11-14H2,1-4H3. The van der Waals surface area contributed by atoms with Gasteiger partial charge in [0.2, 0.25) is 0 Å². The van der Waals surface area contributed by atoms with Gasteiger partial charge >= 0.3 is 6.09 Å². The molecule has 0 saturated carbocycles. The van der Waals surface area contributed by atoms with Crippen LogP contribution in [0.4, 0.5) is 10.6 Å². The second-order valence-electron chi connectivity index (χ2n) is 9.03. The van der Waals surface area contributed by atoms with Crippen LogP contribution in [-0.2, 0) is 18.2 Å². The summed E-state index contributed by atoms with van der Waals surface area (Å²) in [7, 11) is 1.94. The molecule has 160 valence electrons. The molecule has 2 aromatic rings. The number of ether oxygens (including phenoxy) is 1. The van der Waals surface area contributed by atoms with E-state index in [4.69, 9.17) is 9.72 Å². The second-order valence-corrected chi connectivity index (χ2v) is 9.03. The maximum Gasteiger partial charge on any atom is 0.410 e. The minimum atomic E-state index is -0.466. The quantitative estimate of drug-likeness (QED) is 0.758. The number of carbonyl (C=O) groups is 1. The normalized spacial score (nSPS) is 17.3. The van der Waals surface area contributed by atoms with Crippen LogP contribution in [0.3, 0.4) is 0 Å². The number of carbonyl (C=O) groups excluding carboxylic acids is 1. The van der Waals surface area contributed by atoms with Crippen LogP contribution in [-0.4, -0.2) is 57.5 Å². The van der Waals surface area contributed by atoms with Gasteiger partial charge in [-0.15, -0.1) is 0 Å². The zero-order chi connectivity index (χ0) is 21.3. The molecule has 0 atom stereocenters. The molecule has 1 amide bonds. The Morgan fingerprint density at radius 3 is 2.57 bits per heavy atom. The van der Waals surface area contributed by atoms with Crippen molar-refractivity contribution in [2.45, 2.75) is 45.6 Å². The molecule has 2 aromatic heterocycles. The number of anilines is 1. The third-order valence-corrected chi connectivity index (χ3v) is 5.49. The smallest absolute Gasteiger partial charge is 0.410 e. The largest absolute Gasteiger partial charge is 0.444 e. The number of piperazine rings is 1. The Kier molecular flexibility index (Phi) is 5.54. The van der Waals surface area contributed by atoms with E-state index in [0.717, 1.165) is 49.4 Å². The number of rotatable bonds is 2. The number of aromatic nitrogens is 3. The monoisotopic (exact) mass is 409 g/mol. The molecule has 1 saturated heterocycles. The molecule has 0 bridgehead atoms. The number of pyridine rings is 1. The minimum absolute atomic E-state index is 0.233. The number of allylic oxidation sites excluding steroid dienone is 1. The summed E-state index contributed by atoms with van der Waals surface area (Å²) in [4.78, 5) is 21.4. The average molecular weight is 410 g/mol. The van der Waals surface area contributed by atoms with E-state index < -0.39 is 5.60 Å². The predicted octanol–water partition coefficient (Wildman–Crippen LogP) is 3.64. The highest BCUT2D eigenvalue weighted by molar-refractivity contribution is 5.81. The number of fused-ring (bicyclic) bond motifs is 1. The molecule has 0 N–H and O–H groups in total. The first-order chi connectivity index (χ1) is 14.3. The average Bonchev–Trinajstić information content (AvgIpc) is 3.02. The van der Waals surface area contributed by atoms with E-state index in [9.17, 15) is 4.79 Å². The van der Waals surface area contributed by atoms with E-state index in [1.807, 2.05) is 38.7 Å². The first-order valence-corrected chi connectivity index (χ1v) is 10.7. The number of amides is 1. The molecule has 2 aliphatic rings. The lowest BCUT2D eigenvalue weighted by Crippen LogP contribution is -2.50. The van der Waals surface area contributed by atoms with Crippen molar-refractivity contribution >= 4 is 17.5 Å². The summed E-state index contributed by atoms with van der Waals surface area (Å²) in [5, 5.41) is 4.33. The molecule has 1 fully saturated rings. The van der Waals surface area contributed by atoms with Crippen molar-refractivity contribution in [2.24, 2.45) is 7.05 Å². The zero-order valence-corrected chi connectivity index (χ0v) is 18.4. The van der Waals surface area contributed by atoms with Crippen molar-refractivity contribution in [1.29, 1.82) is 0 Å². The highest BCUT2D eigenvalue weighted by atomic mass is 16.6. The molecule has 7 heteroatoms. The molecule has 0 aromatic carbocycles. The lowest BCUT2D eigenvalue weighted by Gasteiger charge is -2.36. The van der Waals surface area contributed by atoms with Gasteiger partial charge < -0.3 is 14.5 Å². The Morgan fingerprint density at radius 2 is 1.90 bits per heavy atom. The fraction of sp³-hybridized carbons (Fsp3) is 0.522. The maximum atomic E-state index is 12.3. The first kappa shape index (κ1) is 20.4. The Morgan fingerprint density at radius 1 is 1.13 bits per heavy atom. The molecule has 1 aliphatic heterocycles. The Hall–Kier alpha value is -2.83. The van der Waals surface area contributed by atoms with Gasteiger partial charge in [-0.25, -0.2) is 9.78 Å².